The van der Waals surface area contributed by atoms with Crippen molar-refractivity contribution >= 4 is 34.8 Å². The molecular formula is C32H41N7O2. The Balaban J connectivity index is 0.964. The van der Waals surface area contributed by atoms with E-state index in [1.54, 1.807) is 0 Å². The quantitative estimate of drug-likeness (QED) is 0.584. The highest BCUT2D eigenvalue weighted by Crippen LogP contribution is 2.60. The maximum absolute atomic E-state index is 13.8. The fourth-order valence-corrected chi connectivity index (χ4v) is 9.10. The van der Waals surface area contributed by atoms with Crippen LogP contribution in [-0.2, 0) is 4.79 Å². The van der Waals surface area contributed by atoms with E-state index in [1.807, 2.05) is 29.3 Å². The van der Waals surface area contributed by atoms with Crippen molar-refractivity contribution in [2.75, 3.05) is 54.0 Å². The van der Waals surface area contributed by atoms with Crippen molar-refractivity contribution in [2.24, 2.45) is 28.9 Å². The molecule has 3 heterocycles. The van der Waals surface area contributed by atoms with E-state index in [0.29, 0.717) is 30.8 Å². The molecule has 216 valence electrons. The van der Waals surface area contributed by atoms with E-state index in [9.17, 15) is 9.59 Å². The molecule has 0 radical (unpaired) electrons. The number of nitrogens with zero attached hydrogens (tertiary/aromatic N) is 5. The van der Waals surface area contributed by atoms with Crippen LogP contribution in [0.25, 0.3) is 0 Å². The van der Waals surface area contributed by atoms with Crippen LogP contribution in [0.1, 0.15) is 44.9 Å². The zero-order chi connectivity index (χ0) is 27.7. The van der Waals surface area contributed by atoms with Gasteiger partial charge in [0, 0.05) is 56.8 Å². The number of aromatic nitrogens is 1. The van der Waals surface area contributed by atoms with Gasteiger partial charge in [0.2, 0.25) is 5.91 Å². The number of primary amides is 1. The van der Waals surface area contributed by atoms with E-state index >= 15 is 0 Å². The van der Waals surface area contributed by atoms with Crippen LogP contribution in [0.4, 0.5) is 27.7 Å². The lowest BCUT2D eigenvalue weighted by Gasteiger charge is -2.59. The van der Waals surface area contributed by atoms with Gasteiger partial charge in [-0.2, -0.15) is 0 Å². The number of carbonyl (C=O) groups excluding carboxylic acids is 2. The molecule has 41 heavy (non-hydrogen) atoms. The fourth-order valence-electron chi connectivity index (χ4n) is 9.10. The molecular weight excluding hydrogens is 514 g/mol. The van der Waals surface area contributed by atoms with Crippen LogP contribution in [-0.4, -0.2) is 73.2 Å². The third kappa shape index (κ3) is 4.35. The molecule has 6 fully saturated rings. The fraction of sp³-hybridized carbons (Fsp3) is 0.594. The summed E-state index contributed by atoms with van der Waals surface area (Å²) in [6.45, 7) is 5.66. The van der Waals surface area contributed by atoms with Gasteiger partial charge in [-0.15, -0.1) is 0 Å². The maximum Gasteiger partial charge on any atom is 0.322 e. The number of carbonyl (C=O) groups is 2. The van der Waals surface area contributed by atoms with E-state index < -0.39 is 0 Å². The third-order valence-electron chi connectivity index (χ3n) is 11.1. The summed E-state index contributed by atoms with van der Waals surface area (Å²) >= 11 is 0. The molecule has 3 amide bonds. The Bertz CT molecular complexity index is 1320. The normalized spacial score (nSPS) is 32.6. The van der Waals surface area contributed by atoms with Gasteiger partial charge in [-0.3, -0.25) is 14.6 Å². The van der Waals surface area contributed by atoms with Crippen LogP contribution >= 0.6 is 0 Å². The largest absolute Gasteiger partial charge is 0.369 e. The van der Waals surface area contributed by atoms with E-state index in [-0.39, 0.29) is 23.4 Å². The number of nitrogens with two attached hydrogens (primary N) is 1. The van der Waals surface area contributed by atoms with Gasteiger partial charge < -0.3 is 20.9 Å². The molecule has 2 aliphatic heterocycles. The van der Waals surface area contributed by atoms with Crippen molar-refractivity contribution < 1.29 is 9.59 Å². The van der Waals surface area contributed by atoms with Crippen molar-refractivity contribution in [1.82, 2.24) is 15.2 Å². The average Bonchev–Trinajstić information content (AvgIpc) is 3.84. The number of urea groups is 1. The second-order valence-electron chi connectivity index (χ2n) is 13.5. The first-order valence-electron chi connectivity index (χ1n) is 15.7. The highest BCUT2D eigenvalue weighted by molar-refractivity contribution is 5.98. The Morgan fingerprint density at radius 1 is 0.878 bits per heavy atom. The smallest absolute Gasteiger partial charge is 0.322 e. The Morgan fingerprint density at radius 2 is 1.61 bits per heavy atom. The lowest BCUT2D eigenvalue weighted by molar-refractivity contribution is -0.145. The standard InChI is InChI=1S/C32H41N7O2/c33-30(40)32-17-21-15-22(18-32)29(23(16-21)19-32)35-31(41)39-14-13-38(26-3-1-2-4-27(26)39)28-8-7-25(20-34-28)37-11-9-36(10-12-37)24-5-6-24/h1-4,7-8,20-24,29H,5-6,9-19H2,(H2,33,40)(H,35,41)/t21?,22-,23+,29?,32?. The predicted molar refractivity (Wildman–Crippen MR) is 159 cm³/mol. The van der Waals surface area contributed by atoms with E-state index in [1.165, 1.54) is 18.5 Å². The lowest BCUT2D eigenvalue weighted by atomic mass is 9.47. The molecule has 9 rings (SSSR count). The minimum atomic E-state index is -0.344. The number of amides is 3. The van der Waals surface area contributed by atoms with Crippen LogP contribution in [0.3, 0.4) is 0 Å². The summed E-state index contributed by atoms with van der Waals surface area (Å²) in [5.74, 6) is 2.03. The van der Waals surface area contributed by atoms with Gasteiger partial charge in [0.05, 0.1) is 23.3 Å². The number of nitrogens with one attached hydrogen (secondary N) is 1. The van der Waals surface area contributed by atoms with Crippen molar-refractivity contribution in [1.29, 1.82) is 0 Å². The van der Waals surface area contributed by atoms with Gasteiger partial charge in [0.25, 0.3) is 0 Å². The van der Waals surface area contributed by atoms with Gasteiger partial charge >= 0.3 is 6.03 Å². The highest BCUT2D eigenvalue weighted by atomic mass is 16.2. The molecule has 7 aliphatic rings. The predicted octanol–water partition coefficient (Wildman–Crippen LogP) is 3.71. The minimum Gasteiger partial charge on any atom is -0.369 e. The lowest BCUT2D eigenvalue weighted by Crippen LogP contribution is -2.63. The third-order valence-corrected chi connectivity index (χ3v) is 11.1. The monoisotopic (exact) mass is 555 g/mol. The molecule has 4 bridgehead atoms. The molecule has 5 aliphatic carbocycles. The highest BCUT2D eigenvalue weighted by Gasteiger charge is 2.58. The Morgan fingerprint density at radius 3 is 2.27 bits per heavy atom. The second-order valence-corrected chi connectivity index (χ2v) is 13.5. The second kappa shape index (κ2) is 9.61. The molecule has 5 saturated carbocycles. The summed E-state index contributed by atoms with van der Waals surface area (Å²) in [6, 6.07) is 13.4. The van der Waals surface area contributed by atoms with Crippen LogP contribution < -0.4 is 25.8 Å². The Hall–Kier alpha value is -3.33. The van der Waals surface area contributed by atoms with E-state index in [4.69, 9.17) is 10.7 Å². The van der Waals surface area contributed by atoms with Crippen molar-refractivity contribution in [2.45, 2.75) is 57.0 Å². The first-order chi connectivity index (χ1) is 20.0. The molecule has 1 aromatic carbocycles. The number of pyridine rings is 1. The van der Waals surface area contributed by atoms with Crippen molar-refractivity contribution in [3.05, 3.63) is 42.6 Å². The molecule has 1 saturated heterocycles. The molecule has 2 aromatic rings. The van der Waals surface area contributed by atoms with Gasteiger partial charge in [-0.05, 0) is 87.0 Å². The van der Waals surface area contributed by atoms with Crippen LogP contribution in [0, 0.1) is 23.2 Å². The van der Waals surface area contributed by atoms with Crippen LogP contribution in [0.15, 0.2) is 42.6 Å². The molecule has 9 nitrogen and oxygen atoms in total. The molecule has 1 aromatic heterocycles. The number of fused-ring (bicyclic) bond motifs is 1. The van der Waals surface area contributed by atoms with Crippen LogP contribution in [0.5, 0.6) is 0 Å². The Kier molecular flexibility index (Phi) is 5.95. The summed E-state index contributed by atoms with van der Waals surface area (Å²) in [5.41, 5.74) is 8.64. The van der Waals surface area contributed by atoms with Gasteiger partial charge in [0.1, 0.15) is 5.82 Å². The van der Waals surface area contributed by atoms with Gasteiger partial charge in [-0.25, -0.2) is 9.78 Å². The Labute approximate surface area is 242 Å². The molecule has 3 N–H and O–H groups in total. The number of para-hydroxylation sites is 2. The van der Waals surface area contributed by atoms with Crippen molar-refractivity contribution in [3.63, 3.8) is 0 Å². The number of anilines is 4. The summed E-state index contributed by atoms with van der Waals surface area (Å²) in [7, 11) is 0. The number of benzene rings is 1. The van der Waals surface area contributed by atoms with Crippen LogP contribution in [0.2, 0.25) is 0 Å². The molecule has 3 unspecified atom stereocenters. The zero-order valence-corrected chi connectivity index (χ0v) is 23.8. The van der Waals surface area contributed by atoms with E-state index in [2.05, 4.69) is 38.2 Å². The molecule has 5 atom stereocenters. The van der Waals surface area contributed by atoms with E-state index in [0.717, 1.165) is 81.5 Å². The van der Waals surface area contributed by atoms with Gasteiger partial charge in [-0.1, -0.05) is 12.1 Å². The van der Waals surface area contributed by atoms with Crippen molar-refractivity contribution in [3.8, 4) is 0 Å². The summed E-state index contributed by atoms with van der Waals surface area (Å²) in [5, 5.41) is 3.43. The molecule has 9 heteroatoms. The summed E-state index contributed by atoms with van der Waals surface area (Å²) in [4.78, 5) is 40.2. The first kappa shape index (κ1) is 25.4. The zero-order valence-electron chi connectivity index (χ0n) is 23.8. The topological polar surface area (TPSA) is 98.0 Å². The number of hydrogen-bond acceptors (Lipinski definition) is 6. The maximum atomic E-state index is 13.8. The first-order valence-corrected chi connectivity index (χ1v) is 15.7. The molecule has 0 spiro atoms. The van der Waals surface area contributed by atoms with Gasteiger partial charge in [0.15, 0.2) is 0 Å². The average molecular weight is 556 g/mol. The number of rotatable bonds is 5. The summed E-state index contributed by atoms with van der Waals surface area (Å²) in [6.07, 6.45) is 9.52. The SMILES string of the molecule is NC(=O)C12CC3C[C@H](C1)C(NC(=O)N1CCN(c4ccc(N5CCN(C6CC6)CC5)cn4)c4ccccc41)[C@@H](C3)C2. The minimum absolute atomic E-state index is 0.0312. The number of piperazine rings is 1. The number of hydrogen-bond donors (Lipinski definition) is 2. The summed E-state index contributed by atoms with van der Waals surface area (Å²) < 4.78 is 0.